The number of hydrogen-bond acceptors (Lipinski definition) is 3. The highest BCUT2D eigenvalue weighted by molar-refractivity contribution is 7.88. The number of allylic oxidation sites excluding steroid dienone is 1. The molecule has 1 aromatic carbocycles. The molecule has 1 aliphatic carbocycles. The summed E-state index contributed by atoms with van der Waals surface area (Å²) in [5, 5.41) is 2.75. The van der Waals surface area contributed by atoms with Gasteiger partial charge in [0.15, 0.2) is 0 Å². The summed E-state index contributed by atoms with van der Waals surface area (Å²) in [6.07, 6.45) is 7.41. The maximum atomic E-state index is 13.7. The number of sulfonamides is 1. The molecule has 7 heteroatoms. The average molecular weight is 354 g/mol. The monoisotopic (exact) mass is 354 g/mol. The molecule has 0 aromatic heterocycles. The fourth-order valence-electron chi connectivity index (χ4n) is 2.60. The topological polar surface area (TPSA) is 66.5 Å². The number of benzene rings is 1. The maximum absolute atomic E-state index is 13.7. The Morgan fingerprint density at radius 1 is 1.29 bits per heavy atom. The van der Waals surface area contributed by atoms with Gasteiger partial charge in [0.2, 0.25) is 15.9 Å². The highest BCUT2D eigenvalue weighted by Gasteiger charge is 2.21. The van der Waals surface area contributed by atoms with Crippen molar-refractivity contribution in [1.29, 1.82) is 0 Å². The molecule has 132 valence electrons. The minimum absolute atomic E-state index is 0.165. The van der Waals surface area contributed by atoms with E-state index in [0.717, 1.165) is 29.8 Å². The number of halogens is 1. The molecule has 0 radical (unpaired) electrons. The van der Waals surface area contributed by atoms with Gasteiger partial charge < -0.3 is 5.32 Å². The highest BCUT2D eigenvalue weighted by atomic mass is 32.2. The largest absolute Gasteiger partial charge is 0.351 e. The zero-order chi connectivity index (χ0) is 17.6. The van der Waals surface area contributed by atoms with Crippen LogP contribution in [-0.4, -0.2) is 38.0 Å². The molecule has 0 bridgehead atoms. The molecule has 0 atom stereocenters. The zero-order valence-corrected chi connectivity index (χ0v) is 14.6. The number of carbonyl (C=O) groups excluding carboxylic acids is 1. The summed E-state index contributed by atoms with van der Waals surface area (Å²) in [7, 11) is -3.63. The number of hydrogen-bond donors (Lipinski definition) is 1. The second-order valence-electron chi connectivity index (χ2n) is 6.01. The van der Waals surface area contributed by atoms with Gasteiger partial charge in [0, 0.05) is 18.7 Å². The Hall–Kier alpha value is -1.73. The summed E-state index contributed by atoms with van der Waals surface area (Å²) in [6.45, 7) is -0.0434. The standard InChI is InChI=1S/C17H23FN2O3S/c1-24(22,23)20(12-15-9-5-6-10-16(15)18)13-17(21)19-11-14-7-3-2-4-8-14/h5-7,9-10H,2-4,8,11-13H2,1H3,(H,19,21). The smallest absolute Gasteiger partial charge is 0.235 e. The van der Waals surface area contributed by atoms with Gasteiger partial charge in [-0.2, -0.15) is 4.31 Å². The zero-order valence-electron chi connectivity index (χ0n) is 13.8. The van der Waals surface area contributed by atoms with Crippen molar-refractivity contribution in [2.75, 3.05) is 19.3 Å². The first-order valence-electron chi connectivity index (χ1n) is 7.99. The van der Waals surface area contributed by atoms with E-state index in [1.54, 1.807) is 6.07 Å². The molecule has 1 amide bonds. The van der Waals surface area contributed by atoms with Crippen molar-refractivity contribution in [2.24, 2.45) is 0 Å². The van der Waals surface area contributed by atoms with Crippen LogP contribution in [0.1, 0.15) is 31.2 Å². The van der Waals surface area contributed by atoms with Crippen molar-refractivity contribution < 1.29 is 17.6 Å². The Kier molecular flexibility index (Phi) is 6.51. The fourth-order valence-corrected chi connectivity index (χ4v) is 3.33. The van der Waals surface area contributed by atoms with Crippen LogP contribution in [0.2, 0.25) is 0 Å². The Labute approximate surface area is 142 Å². The molecule has 1 N–H and O–H groups in total. The third-order valence-corrected chi connectivity index (χ3v) is 5.19. The fraction of sp³-hybridized carbons (Fsp3) is 0.471. The minimum Gasteiger partial charge on any atom is -0.351 e. The maximum Gasteiger partial charge on any atom is 0.235 e. The molecule has 0 fully saturated rings. The van der Waals surface area contributed by atoms with E-state index < -0.39 is 15.8 Å². The van der Waals surface area contributed by atoms with Crippen LogP contribution in [0.15, 0.2) is 35.9 Å². The molecule has 2 rings (SSSR count). The van der Waals surface area contributed by atoms with Crippen LogP contribution in [0.5, 0.6) is 0 Å². The molecule has 1 aromatic rings. The Balaban J connectivity index is 1.97. The summed E-state index contributed by atoms with van der Waals surface area (Å²) < 4.78 is 38.5. The van der Waals surface area contributed by atoms with Crippen molar-refractivity contribution in [3.05, 3.63) is 47.3 Å². The normalized spacial score (nSPS) is 15.2. The van der Waals surface area contributed by atoms with Crippen LogP contribution in [0.3, 0.4) is 0 Å². The van der Waals surface area contributed by atoms with Crippen LogP contribution in [0, 0.1) is 5.82 Å². The van der Waals surface area contributed by atoms with Gasteiger partial charge in [-0.3, -0.25) is 4.79 Å². The van der Waals surface area contributed by atoms with Crippen molar-refractivity contribution >= 4 is 15.9 Å². The Morgan fingerprint density at radius 3 is 2.67 bits per heavy atom. The molecule has 0 saturated heterocycles. The predicted molar refractivity (Wildman–Crippen MR) is 91.2 cm³/mol. The summed E-state index contributed by atoms with van der Waals surface area (Å²) in [5.41, 5.74) is 1.42. The van der Waals surface area contributed by atoms with Crippen LogP contribution in [0.25, 0.3) is 0 Å². The number of amides is 1. The SMILES string of the molecule is CS(=O)(=O)N(CC(=O)NCC1=CCCCC1)Cc1ccccc1F. The minimum atomic E-state index is -3.63. The Bertz CT molecular complexity index is 716. The van der Waals surface area contributed by atoms with E-state index in [2.05, 4.69) is 11.4 Å². The summed E-state index contributed by atoms with van der Waals surface area (Å²) in [4.78, 5) is 12.1. The first-order chi connectivity index (χ1) is 11.4. The molecule has 0 saturated carbocycles. The van der Waals surface area contributed by atoms with Crippen LogP contribution in [-0.2, 0) is 21.4 Å². The molecule has 0 aliphatic heterocycles. The van der Waals surface area contributed by atoms with Crippen LogP contribution < -0.4 is 5.32 Å². The van der Waals surface area contributed by atoms with E-state index in [-0.39, 0.29) is 24.6 Å². The molecule has 0 unspecified atom stereocenters. The quantitative estimate of drug-likeness (QED) is 0.764. The lowest BCUT2D eigenvalue weighted by Crippen LogP contribution is -2.40. The average Bonchev–Trinajstić information content (AvgIpc) is 2.54. The summed E-state index contributed by atoms with van der Waals surface area (Å²) in [5.74, 6) is -0.873. The molecule has 24 heavy (non-hydrogen) atoms. The number of rotatable bonds is 7. The summed E-state index contributed by atoms with van der Waals surface area (Å²) >= 11 is 0. The van der Waals surface area contributed by atoms with E-state index in [1.807, 2.05) is 0 Å². The van der Waals surface area contributed by atoms with Gasteiger partial charge in [-0.1, -0.05) is 29.8 Å². The second-order valence-corrected chi connectivity index (χ2v) is 7.99. The van der Waals surface area contributed by atoms with E-state index in [1.165, 1.54) is 30.2 Å². The number of nitrogens with zero attached hydrogens (tertiary/aromatic N) is 1. The Morgan fingerprint density at radius 2 is 2.04 bits per heavy atom. The first-order valence-corrected chi connectivity index (χ1v) is 9.84. The predicted octanol–water partition coefficient (Wildman–Crippen LogP) is 2.20. The lowest BCUT2D eigenvalue weighted by Gasteiger charge is -2.20. The van der Waals surface area contributed by atoms with Gasteiger partial charge in [0.25, 0.3) is 0 Å². The molecular weight excluding hydrogens is 331 g/mol. The number of carbonyl (C=O) groups is 1. The van der Waals surface area contributed by atoms with Crippen molar-refractivity contribution in [3.8, 4) is 0 Å². The van der Waals surface area contributed by atoms with Gasteiger partial charge in [0.05, 0.1) is 12.8 Å². The van der Waals surface area contributed by atoms with E-state index >= 15 is 0 Å². The summed E-state index contributed by atoms with van der Waals surface area (Å²) in [6, 6.07) is 5.95. The van der Waals surface area contributed by atoms with Crippen molar-refractivity contribution in [3.63, 3.8) is 0 Å². The molecule has 0 spiro atoms. The number of nitrogens with one attached hydrogen (secondary N) is 1. The molecule has 0 heterocycles. The van der Waals surface area contributed by atoms with Gasteiger partial charge in [-0.15, -0.1) is 0 Å². The van der Waals surface area contributed by atoms with Crippen LogP contribution >= 0.6 is 0 Å². The van der Waals surface area contributed by atoms with E-state index in [0.29, 0.717) is 6.54 Å². The molecular formula is C17H23FN2O3S. The van der Waals surface area contributed by atoms with Gasteiger partial charge >= 0.3 is 0 Å². The van der Waals surface area contributed by atoms with Crippen molar-refractivity contribution in [1.82, 2.24) is 9.62 Å². The molecule has 1 aliphatic rings. The van der Waals surface area contributed by atoms with Gasteiger partial charge in [-0.25, -0.2) is 12.8 Å². The first kappa shape index (κ1) is 18.6. The lowest BCUT2D eigenvalue weighted by atomic mass is 10.00. The van der Waals surface area contributed by atoms with Crippen LogP contribution in [0.4, 0.5) is 4.39 Å². The van der Waals surface area contributed by atoms with E-state index in [4.69, 9.17) is 0 Å². The third kappa shape index (κ3) is 5.72. The second kappa shape index (κ2) is 8.39. The third-order valence-electron chi connectivity index (χ3n) is 3.99. The lowest BCUT2D eigenvalue weighted by molar-refractivity contribution is -0.121. The van der Waals surface area contributed by atoms with Gasteiger partial charge in [0.1, 0.15) is 5.82 Å². The molecule has 5 nitrogen and oxygen atoms in total. The van der Waals surface area contributed by atoms with Crippen molar-refractivity contribution in [2.45, 2.75) is 32.2 Å². The van der Waals surface area contributed by atoms with Gasteiger partial charge in [-0.05, 0) is 31.7 Å². The van der Waals surface area contributed by atoms with E-state index in [9.17, 15) is 17.6 Å². The highest BCUT2D eigenvalue weighted by Crippen LogP contribution is 2.16.